The molecule has 3 amide bonds. The van der Waals surface area contributed by atoms with E-state index in [0.717, 1.165) is 61.7 Å². The second kappa shape index (κ2) is 17.4. The Balaban J connectivity index is 1.04. The number of nitrogens with zero attached hydrogens (tertiary/aromatic N) is 3. The summed E-state index contributed by atoms with van der Waals surface area (Å²) in [6.45, 7) is 8.86. The van der Waals surface area contributed by atoms with E-state index in [1.807, 2.05) is 30.3 Å². The highest BCUT2D eigenvalue weighted by molar-refractivity contribution is 7.15. The molecule has 1 aliphatic heterocycles. The van der Waals surface area contributed by atoms with Crippen molar-refractivity contribution in [2.75, 3.05) is 50.0 Å². The van der Waals surface area contributed by atoms with Gasteiger partial charge in [0.2, 0.25) is 5.91 Å². The molecule has 0 spiro atoms. The van der Waals surface area contributed by atoms with Gasteiger partial charge in [-0.1, -0.05) is 74.5 Å². The second-order valence-electron chi connectivity index (χ2n) is 13.5. The molecule has 3 heterocycles. The number of ether oxygens (including phenoxy) is 1. The maximum Gasteiger partial charge on any atom is 0.274 e. The number of amides is 3. The minimum absolute atomic E-state index is 0.0860. The van der Waals surface area contributed by atoms with E-state index in [1.54, 1.807) is 36.0 Å². The quantitative estimate of drug-likeness (QED) is 0.108. The molecule has 0 atom stereocenters. The van der Waals surface area contributed by atoms with E-state index in [1.165, 1.54) is 22.1 Å². The van der Waals surface area contributed by atoms with Crippen LogP contribution in [0.3, 0.4) is 0 Å². The van der Waals surface area contributed by atoms with Crippen LogP contribution in [0, 0.1) is 5.92 Å². The van der Waals surface area contributed by atoms with Gasteiger partial charge < -0.3 is 19.9 Å². The number of hydrogen-bond acceptors (Lipinski definition) is 7. The minimum atomic E-state index is -0.351. The molecule has 1 saturated heterocycles. The number of thiazole rings is 1. The van der Waals surface area contributed by atoms with Crippen molar-refractivity contribution in [2.24, 2.45) is 13.0 Å². The van der Waals surface area contributed by atoms with Gasteiger partial charge in [0.1, 0.15) is 5.69 Å². The van der Waals surface area contributed by atoms with Crippen LogP contribution in [0.5, 0.6) is 0 Å². The summed E-state index contributed by atoms with van der Waals surface area (Å²) >= 11 is 1.41. The van der Waals surface area contributed by atoms with Gasteiger partial charge in [-0.05, 0) is 64.9 Å². The summed E-state index contributed by atoms with van der Waals surface area (Å²) in [6, 6.07) is 23.6. The first-order valence-corrected chi connectivity index (χ1v) is 18.6. The Bertz CT molecular complexity index is 2040. The number of nitrogens with one attached hydrogen (secondary N) is 3. The molecule has 5 aromatic rings. The third kappa shape index (κ3) is 10.0. The summed E-state index contributed by atoms with van der Waals surface area (Å²) in [7, 11) is 1.75. The summed E-state index contributed by atoms with van der Waals surface area (Å²) in [6.07, 6.45) is 7.68. The Kier molecular flexibility index (Phi) is 12.3. The van der Waals surface area contributed by atoms with Crippen LogP contribution in [0.2, 0.25) is 0 Å². The third-order valence-electron chi connectivity index (χ3n) is 9.04. The normalized spacial score (nSPS) is 13.5. The predicted molar refractivity (Wildman–Crippen MR) is 210 cm³/mol. The molecule has 3 N–H and O–H groups in total. The van der Waals surface area contributed by atoms with Crippen LogP contribution in [0.15, 0.2) is 79.0 Å². The van der Waals surface area contributed by atoms with E-state index >= 15 is 0 Å². The van der Waals surface area contributed by atoms with Crippen LogP contribution in [0.25, 0.3) is 22.9 Å². The van der Waals surface area contributed by atoms with Crippen molar-refractivity contribution in [3.63, 3.8) is 0 Å². The molecule has 270 valence electrons. The van der Waals surface area contributed by atoms with Crippen LogP contribution in [-0.4, -0.2) is 71.6 Å². The van der Waals surface area contributed by atoms with E-state index in [9.17, 15) is 14.4 Å². The summed E-state index contributed by atoms with van der Waals surface area (Å²) < 4.78 is 7.07. The zero-order valence-corrected chi connectivity index (χ0v) is 30.8. The van der Waals surface area contributed by atoms with Gasteiger partial charge in [-0.2, -0.15) is 0 Å². The molecule has 1 aliphatic rings. The van der Waals surface area contributed by atoms with Crippen molar-refractivity contribution in [2.45, 2.75) is 33.1 Å². The zero-order chi connectivity index (χ0) is 36.5. The number of benzene rings is 3. The Hall–Kier alpha value is -5.10. The maximum absolute atomic E-state index is 13.4. The number of carbonyl (C=O) groups excluding carboxylic acids is 3. The van der Waals surface area contributed by atoms with E-state index in [-0.39, 0.29) is 24.1 Å². The minimum Gasteiger partial charge on any atom is -0.379 e. The van der Waals surface area contributed by atoms with Crippen molar-refractivity contribution in [3.8, 4) is 0 Å². The summed E-state index contributed by atoms with van der Waals surface area (Å²) in [5.41, 5.74) is 4.15. The number of fused-ring (bicyclic) bond motifs is 1. The molecule has 1 fully saturated rings. The zero-order valence-electron chi connectivity index (χ0n) is 30.0. The summed E-state index contributed by atoms with van der Waals surface area (Å²) in [4.78, 5) is 47.3. The lowest BCUT2D eigenvalue weighted by atomic mass is 10.1. The van der Waals surface area contributed by atoms with Gasteiger partial charge >= 0.3 is 0 Å². The SMILES string of the molecule is CC(C)CCc1sc(NC(=O)c2cc(NC(=O)c3ccc(/C=C/c4ccc5ccccc5c4)cc3)cn2C)nc1CC(=O)NCCN1CCOCC1. The van der Waals surface area contributed by atoms with Crippen LogP contribution in [-0.2, 0) is 29.4 Å². The van der Waals surface area contributed by atoms with Crippen LogP contribution < -0.4 is 16.0 Å². The van der Waals surface area contributed by atoms with Crippen LogP contribution in [0.1, 0.15) is 62.8 Å². The molecule has 0 saturated carbocycles. The Morgan fingerprint density at radius 3 is 2.40 bits per heavy atom. The number of aryl methyl sites for hydroxylation is 2. The number of carbonyl (C=O) groups is 3. The molecule has 0 bridgehead atoms. The lowest BCUT2D eigenvalue weighted by molar-refractivity contribution is -0.120. The van der Waals surface area contributed by atoms with Crippen LogP contribution in [0.4, 0.5) is 10.8 Å². The predicted octanol–water partition coefficient (Wildman–Crippen LogP) is 6.89. The smallest absolute Gasteiger partial charge is 0.274 e. The highest BCUT2D eigenvalue weighted by atomic mass is 32.1. The lowest BCUT2D eigenvalue weighted by Gasteiger charge is -2.26. The largest absolute Gasteiger partial charge is 0.379 e. The van der Waals surface area contributed by atoms with Gasteiger partial charge in [0.25, 0.3) is 11.8 Å². The average molecular weight is 719 g/mol. The molecule has 52 heavy (non-hydrogen) atoms. The van der Waals surface area contributed by atoms with Gasteiger partial charge in [-0.15, -0.1) is 11.3 Å². The van der Waals surface area contributed by atoms with Crippen molar-refractivity contribution in [1.29, 1.82) is 0 Å². The first-order valence-electron chi connectivity index (χ1n) is 17.8. The number of aromatic nitrogens is 2. The van der Waals surface area contributed by atoms with E-state index < -0.39 is 0 Å². The highest BCUT2D eigenvalue weighted by Gasteiger charge is 2.20. The molecule has 10 nitrogen and oxygen atoms in total. The molecule has 3 aromatic carbocycles. The first-order chi connectivity index (χ1) is 25.2. The van der Waals surface area contributed by atoms with Gasteiger partial charge in [0, 0.05) is 49.9 Å². The molecule has 0 radical (unpaired) electrons. The van der Waals surface area contributed by atoms with E-state index in [2.05, 4.69) is 76.1 Å². The van der Waals surface area contributed by atoms with Crippen molar-refractivity contribution < 1.29 is 19.1 Å². The average Bonchev–Trinajstić information content (AvgIpc) is 3.71. The fourth-order valence-electron chi connectivity index (χ4n) is 6.06. The Morgan fingerprint density at radius 1 is 0.904 bits per heavy atom. The topological polar surface area (TPSA) is 118 Å². The van der Waals surface area contributed by atoms with E-state index in [0.29, 0.717) is 40.2 Å². The molecule has 0 aliphatic carbocycles. The lowest BCUT2D eigenvalue weighted by Crippen LogP contribution is -2.41. The summed E-state index contributed by atoms with van der Waals surface area (Å²) in [5.74, 6) is -0.221. The number of rotatable bonds is 14. The fourth-order valence-corrected chi connectivity index (χ4v) is 7.04. The number of morpholine rings is 1. The molecular weight excluding hydrogens is 673 g/mol. The number of hydrogen-bond donors (Lipinski definition) is 3. The van der Waals surface area contributed by atoms with Crippen molar-refractivity contribution in [1.82, 2.24) is 19.8 Å². The van der Waals surface area contributed by atoms with Gasteiger partial charge in [0.15, 0.2) is 5.13 Å². The first kappa shape index (κ1) is 36.7. The maximum atomic E-state index is 13.4. The molecule has 6 rings (SSSR count). The standard InChI is InChI=1S/C41H46N6O4S/c1-28(2)8-17-37-35(26-38(48)42-18-19-47-20-22-51-23-21-47)44-41(52-37)45-40(50)36-25-34(27-46(36)3)43-39(49)32-15-11-29(12-16-32)9-10-30-13-14-31-6-4-5-7-33(31)24-30/h4-7,9-16,24-25,27-28H,8,17-23,26H2,1-3H3,(H,42,48)(H,43,49)(H,44,45,50)/b10-9+. The fraction of sp³-hybridized carbons (Fsp3) is 0.317. The second-order valence-corrected chi connectivity index (χ2v) is 14.6. The van der Waals surface area contributed by atoms with Crippen molar-refractivity contribution in [3.05, 3.63) is 112 Å². The van der Waals surface area contributed by atoms with Crippen LogP contribution >= 0.6 is 11.3 Å². The van der Waals surface area contributed by atoms with Gasteiger partial charge in [0.05, 0.1) is 31.0 Å². The van der Waals surface area contributed by atoms with Gasteiger partial charge in [-0.25, -0.2) is 4.98 Å². The monoisotopic (exact) mass is 718 g/mol. The highest BCUT2D eigenvalue weighted by Crippen LogP contribution is 2.27. The van der Waals surface area contributed by atoms with E-state index in [4.69, 9.17) is 4.74 Å². The molecule has 0 unspecified atom stereocenters. The third-order valence-corrected chi connectivity index (χ3v) is 10.1. The Morgan fingerprint density at radius 2 is 1.63 bits per heavy atom. The number of anilines is 2. The van der Waals surface area contributed by atoms with Crippen molar-refractivity contribution >= 4 is 62.8 Å². The molecule has 2 aromatic heterocycles. The Labute approximate surface area is 308 Å². The van der Waals surface area contributed by atoms with Gasteiger partial charge in [-0.3, -0.25) is 24.6 Å². The summed E-state index contributed by atoms with van der Waals surface area (Å²) in [5, 5.41) is 11.7. The molecular formula is C41H46N6O4S. The molecule has 11 heteroatoms.